The van der Waals surface area contributed by atoms with Gasteiger partial charge in [0.05, 0.1) is 12.3 Å². The van der Waals surface area contributed by atoms with Gasteiger partial charge in [-0.25, -0.2) is 5.43 Å². The average Bonchev–Trinajstić information content (AvgIpc) is 2.79. The molecule has 0 aromatic heterocycles. The van der Waals surface area contributed by atoms with E-state index in [0.29, 0.717) is 17.9 Å². The molecular formula is C24H22BrN3O3. The molecule has 0 aliphatic heterocycles. The summed E-state index contributed by atoms with van der Waals surface area (Å²) in [7, 11) is 0. The minimum absolute atomic E-state index is 0.300. The normalized spacial score (nSPS) is 11.7. The van der Waals surface area contributed by atoms with E-state index in [-0.39, 0.29) is 6.04 Å². The molecule has 0 radical (unpaired) electrons. The van der Waals surface area contributed by atoms with Crippen molar-refractivity contribution in [3.63, 3.8) is 0 Å². The molecule has 3 rings (SSSR count). The molecule has 1 atom stereocenters. The first-order valence-corrected chi connectivity index (χ1v) is 10.5. The average molecular weight is 480 g/mol. The summed E-state index contributed by atoms with van der Waals surface area (Å²) in [6, 6.07) is 24.4. The van der Waals surface area contributed by atoms with Crippen molar-refractivity contribution in [2.45, 2.75) is 19.6 Å². The van der Waals surface area contributed by atoms with Crippen LogP contribution in [0.15, 0.2) is 88.4 Å². The maximum atomic E-state index is 12.1. The minimum atomic E-state index is -0.846. The Morgan fingerprint density at radius 1 is 1.00 bits per heavy atom. The van der Waals surface area contributed by atoms with E-state index in [9.17, 15) is 9.59 Å². The van der Waals surface area contributed by atoms with E-state index in [4.69, 9.17) is 4.74 Å². The quantitative estimate of drug-likeness (QED) is 0.300. The zero-order chi connectivity index (χ0) is 22.1. The lowest BCUT2D eigenvalue weighted by atomic mass is 10.1. The van der Waals surface area contributed by atoms with Gasteiger partial charge in [-0.1, -0.05) is 76.6 Å². The summed E-state index contributed by atoms with van der Waals surface area (Å²) in [5, 5.41) is 6.56. The summed E-state index contributed by atoms with van der Waals surface area (Å²) in [5.41, 5.74) is 4.85. The first-order valence-electron chi connectivity index (χ1n) is 9.68. The number of nitrogens with one attached hydrogen (secondary N) is 2. The van der Waals surface area contributed by atoms with Gasteiger partial charge >= 0.3 is 11.8 Å². The number of ether oxygens (including phenoxy) is 1. The van der Waals surface area contributed by atoms with E-state index in [2.05, 4.69) is 31.8 Å². The smallest absolute Gasteiger partial charge is 0.329 e. The molecule has 0 heterocycles. The highest BCUT2D eigenvalue weighted by Gasteiger charge is 2.16. The number of halogens is 1. The lowest BCUT2D eigenvalue weighted by Gasteiger charge is -2.13. The van der Waals surface area contributed by atoms with Crippen molar-refractivity contribution in [2.24, 2.45) is 5.10 Å². The number of rotatable bonds is 7. The monoisotopic (exact) mass is 479 g/mol. The van der Waals surface area contributed by atoms with Crippen molar-refractivity contribution >= 4 is 34.0 Å². The number of carbonyl (C=O) groups excluding carboxylic acids is 2. The fourth-order valence-corrected chi connectivity index (χ4v) is 3.16. The maximum Gasteiger partial charge on any atom is 0.329 e. The van der Waals surface area contributed by atoms with Crippen molar-refractivity contribution in [3.05, 3.63) is 100 Å². The van der Waals surface area contributed by atoms with Gasteiger partial charge in [0.25, 0.3) is 0 Å². The topological polar surface area (TPSA) is 79.8 Å². The van der Waals surface area contributed by atoms with Crippen LogP contribution in [0.4, 0.5) is 0 Å². The number of carbonyl (C=O) groups is 2. The van der Waals surface area contributed by atoms with Gasteiger partial charge in [0.2, 0.25) is 0 Å². The zero-order valence-electron chi connectivity index (χ0n) is 16.9. The second kappa shape index (κ2) is 11.1. The Bertz CT molecular complexity index is 1060. The molecule has 7 heteroatoms. The second-order valence-electron chi connectivity index (χ2n) is 6.76. The third-order valence-corrected chi connectivity index (χ3v) is 4.93. The van der Waals surface area contributed by atoms with Crippen LogP contribution in [-0.4, -0.2) is 18.0 Å². The Hall–Kier alpha value is -3.45. The Morgan fingerprint density at radius 3 is 2.39 bits per heavy atom. The Balaban J connectivity index is 1.58. The van der Waals surface area contributed by atoms with Crippen molar-refractivity contribution < 1.29 is 14.3 Å². The first-order chi connectivity index (χ1) is 15.0. The van der Waals surface area contributed by atoms with Gasteiger partial charge in [0, 0.05) is 10.0 Å². The minimum Gasteiger partial charge on any atom is -0.488 e. The molecule has 6 nitrogen and oxygen atoms in total. The molecule has 0 aliphatic rings. The Kier molecular flexibility index (Phi) is 7.95. The third-order valence-electron chi connectivity index (χ3n) is 4.43. The van der Waals surface area contributed by atoms with Gasteiger partial charge in [-0.3, -0.25) is 9.59 Å². The van der Waals surface area contributed by atoms with E-state index < -0.39 is 11.8 Å². The molecule has 2 amide bonds. The van der Waals surface area contributed by atoms with Crippen LogP contribution in [0.2, 0.25) is 0 Å². The van der Waals surface area contributed by atoms with E-state index in [1.54, 1.807) is 0 Å². The molecule has 0 aliphatic carbocycles. The van der Waals surface area contributed by atoms with Crippen LogP contribution < -0.4 is 15.5 Å². The van der Waals surface area contributed by atoms with Crippen LogP contribution >= 0.6 is 15.9 Å². The summed E-state index contributed by atoms with van der Waals surface area (Å²) in [6.07, 6.45) is 1.44. The van der Waals surface area contributed by atoms with Crippen LogP contribution in [0.25, 0.3) is 0 Å². The molecular weight excluding hydrogens is 458 g/mol. The van der Waals surface area contributed by atoms with Gasteiger partial charge in [-0.2, -0.15) is 5.10 Å². The molecule has 0 spiro atoms. The standard InChI is InChI=1S/C24H22BrN3O3/c1-17(19-10-6-3-7-11-19)27-23(29)24(30)28-26-15-20-14-21(25)12-13-22(20)31-16-18-8-4-2-5-9-18/h2-15,17H,16H2,1H3,(H,27,29)(H,28,30)/b26-15-/t17-/m1/s1. The number of hydrogen-bond donors (Lipinski definition) is 2. The van der Waals surface area contributed by atoms with Crippen molar-refractivity contribution in [1.82, 2.24) is 10.7 Å². The van der Waals surface area contributed by atoms with Gasteiger partial charge in [-0.05, 0) is 36.2 Å². The Labute approximate surface area is 189 Å². The highest BCUT2D eigenvalue weighted by molar-refractivity contribution is 9.10. The van der Waals surface area contributed by atoms with Crippen LogP contribution in [-0.2, 0) is 16.2 Å². The molecule has 3 aromatic carbocycles. The fraction of sp³-hybridized carbons (Fsp3) is 0.125. The first kappa shape index (κ1) is 22.2. The van der Waals surface area contributed by atoms with E-state index in [1.165, 1.54) is 6.21 Å². The van der Waals surface area contributed by atoms with Gasteiger partial charge < -0.3 is 10.1 Å². The number of hydrazone groups is 1. The lowest BCUT2D eigenvalue weighted by Crippen LogP contribution is -2.39. The molecule has 158 valence electrons. The maximum absolute atomic E-state index is 12.1. The highest BCUT2D eigenvalue weighted by Crippen LogP contribution is 2.22. The van der Waals surface area contributed by atoms with Gasteiger partial charge in [0.15, 0.2) is 0 Å². The number of benzene rings is 3. The molecule has 2 N–H and O–H groups in total. The predicted octanol–water partition coefficient (Wildman–Crippen LogP) is 4.36. The summed E-state index contributed by atoms with van der Waals surface area (Å²) in [4.78, 5) is 24.2. The van der Waals surface area contributed by atoms with Gasteiger partial charge in [0.1, 0.15) is 12.4 Å². The largest absolute Gasteiger partial charge is 0.488 e. The highest BCUT2D eigenvalue weighted by atomic mass is 79.9. The van der Waals surface area contributed by atoms with Crippen molar-refractivity contribution in [1.29, 1.82) is 0 Å². The van der Waals surface area contributed by atoms with Crippen molar-refractivity contribution in [3.8, 4) is 5.75 Å². The van der Waals surface area contributed by atoms with Crippen LogP contribution in [0.1, 0.15) is 29.7 Å². The van der Waals surface area contributed by atoms with E-state index in [0.717, 1.165) is 15.6 Å². The van der Waals surface area contributed by atoms with E-state index >= 15 is 0 Å². The van der Waals surface area contributed by atoms with Crippen molar-refractivity contribution in [2.75, 3.05) is 0 Å². The van der Waals surface area contributed by atoms with Crippen LogP contribution in [0.5, 0.6) is 5.75 Å². The number of hydrogen-bond acceptors (Lipinski definition) is 4. The molecule has 0 bridgehead atoms. The molecule has 0 unspecified atom stereocenters. The fourth-order valence-electron chi connectivity index (χ4n) is 2.79. The zero-order valence-corrected chi connectivity index (χ0v) is 18.5. The second-order valence-corrected chi connectivity index (χ2v) is 7.68. The predicted molar refractivity (Wildman–Crippen MR) is 124 cm³/mol. The molecule has 0 saturated heterocycles. The molecule has 0 fully saturated rings. The van der Waals surface area contributed by atoms with Crippen LogP contribution in [0, 0.1) is 0 Å². The van der Waals surface area contributed by atoms with E-state index in [1.807, 2.05) is 85.8 Å². The summed E-state index contributed by atoms with van der Waals surface area (Å²) in [6.45, 7) is 2.21. The summed E-state index contributed by atoms with van der Waals surface area (Å²) >= 11 is 3.42. The Morgan fingerprint density at radius 2 is 1.68 bits per heavy atom. The molecule has 3 aromatic rings. The lowest BCUT2D eigenvalue weighted by molar-refractivity contribution is -0.139. The molecule has 31 heavy (non-hydrogen) atoms. The third kappa shape index (κ3) is 6.79. The SMILES string of the molecule is C[C@@H](NC(=O)C(=O)N/N=C\c1cc(Br)ccc1OCc1ccccc1)c1ccccc1. The molecule has 0 saturated carbocycles. The number of amides is 2. The summed E-state index contributed by atoms with van der Waals surface area (Å²) < 4.78 is 6.72. The van der Waals surface area contributed by atoms with Crippen LogP contribution in [0.3, 0.4) is 0 Å². The number of nitrogens with zero attached hydrogens (tertiary/aromatic N) is 1. The summed E-state index contributed by atoms with van der Waals surface area (Å²) in [5.74, 6) is -1.00. The van der Waals surface area contributed by atoms with Gasteiger partial charge in [-0.15, -0.1) is 0 Å².